The Morgan fingerprint density at radius 1 is 1.12 bits per heavy atom. The smallest absolute Gasteiger partial charge is 0.255 e. The standard InChI is InChI=1S/C14H12ClNO/c1-10-7-8-12(15)9-13(10)16-14(17)11-5-3-2-4-6-11/h2-9H,1H3,(H,16,17). The Labute approximate surface area is 105 Å². The van der Waals surface area contributed by atoms with E-state index in [9.17, 15) is 4.79 Å². The van der Waals surface area contributed by atoms with Crippen molar-refractivity contribution in [3.05, 3.63) is 64.7 Å². The summed E-state index contributed by atoms with van der Waals surface area (Å²) < 4.78 is 0. The average molecular weight is 246 g/mol. The van der Waals surface area contributed by atoms with E-state index in [1.54, 1.807) is 24.3 Å². The lowest BCUT2D eigenvalue weighted by Crippen LogP contribution is -2.12. The molecule has 2 nitrogen and oxygen atoms in total. The molecule has 0 aromatic heterocycles. The molecule has 0 saturated carbocycles. The molecule has 0 fully saturated rings. The van der Waals surface area contributed by atoms with E-state index in [4.69, 9.17) is 11.6 Å². The maximum absolute atomic E-state index is 11.9. The van der Waals surface area contributed by atoms with Gasteiger partial charge in [0.25, 0.3) is 5.91 Å². The summed E-state index contributed by atoms with van der Waals surface area (Å²) in [5, 5.41) is 3.45. The first-order valence-electron chi connectivity index (χ1n) is 5.29. The van der Waals surface area contributed by atoms with Crippen molar-refractivity contribution < 1.29 is 4.79 Å². The molecule has 0 aliphatic heterocycles. The topological polar surface area (TPSA) is 29.1 Å². The Kier molecular flexibility index (Phi) is 3.45. The van der Waals surface area contributed by atoms with Crippen LogP contribution in [0.15, 0.2) is 48.5 Å². The summed E-state index contributed by atoms with van der Waals surface area (Å²) in [5.74, 6) is -0.129. The van der Waals surface area contributed by atoms with Crippen LogP contribution in [0.4, 0.5) is 5.69 Å². The first kappa shape index (κ1) is 11.7. The highest BCUT2D eigenvalue weighted by atomic mass is 35.5. The van der Waals surface area contributed by atoms with Crippen molar-refractivity contribution in [3.8, 4) is 0 Å². The van der Waals surface area contributed by atoms with Gasteiger partial charge in [-0.05, 0) is 36.8 Å². The SMILES string of the molecule is Cc1ccc(Cl)cc1NC(=O)c1ccccc1. The Morgan fingerprint density at radius 2 is 1.82 bits per heavy atom. The third-order valence-electron chi connectivity index (χ3n) is 2.48. The fourth-order valence-electron chi connectivity index (χ4n) is 1.51. The van der Waals surface area contributed by atoms with Crippen LogP contribution in [0.25, 0.3) is 0 Å². The molecule has 2 aromatic rings. The third kappa shape index (κ3) is 2.86. The molecule has 0 radical (unpaired) electrons. The summed E-state index contributed by atoms with van der Waals surface area (Å²) in [6.07, 6.45) is 0. The Hall–Kier alpha value is -1.80. The van der Waals surface area contributed by atoms with E-state index in [2.05, 4.69) is 5.32 Å². The van der Waals surface area contributed by atoms with Crippen molar-refractivity contribution in [3.63, 3.8) is 0 Å². The van der Waals surface area contributed by atoms with Gasteiger partial charge in [-0.15, -0.1) is 0 Å². The highest BCUT2D eigenvalue weighted by molar-refractivity contribution is 6.31. The number of rotatable bonds is 2. The molecule has 0 heterocycles. The number of benzene rings is 2. The van der Waals surface area contributed by atoms with Crippen LogP contribution in [0, 0.1) is 6.92 Å². The second-order valence-electron chi connectivity index (χ2n) is 3.78. The van der Waals surface area contributed by atoms with Crippen LogP contribution in [0.1, 0.15) is 15.9 Å². The van der Waals surface area contributed by atoms with Crippen molar-refractivity contribution in [2.45, 2.75) is 6.92 Å². The number of nitrogens with one attached hydrogen (secondary N) is 1. The number of hydrogen-bond acceptors (Lipinski definition) is 1. The van der Waals surface area contributed by atoms with Crippen molar-refractivity contribution in [1.29, 1.82) is 0 Å². The lowest BCUT2D eigenvalue weighted by molar-refractivity contribution is 0.102. The second-order valence-corrected chi connectivity index (χ2v) is 4.22. The van der Waals surface area contributed by atoms with E-state index in [1.807, 2.05) is 31.2 Å². The van der Waals surface area contributed by atoms with Crippen molar-refractivity contribution in [1.82, 2.24) is 0 Å². The number of amides is 1. The molecular weight excluding hydrogens is 234 g/mol. The van der Waals surface area contributed by atoms with Gasteiger partial charge in [0.1, 0.15) is 0 Å². The second kappa shape index (κ2) is 5.02. The highest BCUT2D eigenvalue weighted by Crippen LogP contribution is 2.20. The first-order chi connectivity index (χ1) is 8.16. The summed E-state index contributed by atoms with van der Waals surface area (Å²) in [6.45, 7) is 1.93. The minimum Gasteiger partial charge on any atom is -0.322 e. The predicted molar refractivity (Wildman–Crippen MR) is 70.6 cm³/mol. The Morgan fingerprint density at radius 3 is 2.53 bits per heavy atom. The monoisotopic (exact) mass is 245 g/mol. The Balaban J connectivity index is 2.22. The summed E-state index contributed by atoms with van der Waals surface area (Å²) >= 11 is 5.89. The lowest BCUT2D eigenvalue weighted by atomic mass is 10.1. The quantitative estimate of drug-likeness (QED) is 0.854. The fourth-order valence-corrected chi connectivity index (χ4v) is 1.69. The summed E-state index contributed by atoms with van der Waals surface area (Å²) in [6, 6.07) is 14.5. The van der Waals surface area contributed by atoms with Gasteiger partial charge in [0.2, 0.25) is 0 Å². The number of carbonyl (C=O) groups is 1. The zero-order chi connectivity index (χ0) is 12.3. The maximum atomic E-state index is 11.9. The molecule has 2 aromatic carbocycles. The van der Waals surface area contributed by atoms with Crippen LogP contribution in [0.3, 0.4) is 0 Å². The minimum atomic E-state index is -0.129. The van der Waals surface area contributed by atoms with Gasteiger partial charge >= 0.3 is 0 Å². The molecule has 86 valence electrons. The summed E-state index contributed by atoms with van der Waals surface area (Å²) in [5.41, 5.74) is 2.36. The van der Waals surface area contributed by atoms with Crippen LogP contribution < -0.4 is 5.32 Å². The highest BCUT2D eigenvalue weighted by Gasteiger charge is 2.07. The van der Waals surface area contributed by atoms with Crippen molar-refractivity contribution in [2.75, 3.05) is 5.32 Å². The van der Waals surface area contributed by atoms with E-state index in [1.165, 1.54) is 0 Å². The van der Waals surface area contributed by atoms with Crippen LogP contribution >= 0.6 is 11.6 Å². The molecule has 2 rings (SSSR count). The molecule has 0 saturated heterocycles. The van der Waals surface area contributed by atoms with E-state index in [0.29, 0.717) is 10.6 Å². The van der Waals surface area contributed by atoms with Gasteiger partial charge in [-0.25, -0.2) is 0 Å². The fraction of sp³-hybridized carbons (Fsp3) is 0.0714. The van der Waals surface area contributed by atoms with Gasteiger partial charge in [0.05, 0.1) is 0 Å². The first-order valence-corrected chi connectivity index (χ1v) is 5.67. The normalized spacial score (nSPS) is 10.0. The van der Waals surface area contributed by atoms with E-state index in [0.717, 1.165) is 11.3 Å². The Bertz CT molecular complexity index is 537. The van der Waals surface area contributed by atoms with Crippen molar-refractivity contribution in [2.24, 2.45) is 0 Å². The zero-order valence-electron chi connectivity index (χ0n) is 9.41. The van der Waals surface area contributed by atoms with Gasteiger partial charge in [-0.1, -0.05) is 35.9 Å². The molecule has 0 aliphatic carbocycles. The van der Waals surface area contributed by atoms with Gasteiger partial charge < -0.3 is 5.32 Å². The predicted octanol–water partition coefficient (Wildman–Crippen LogP) is 3.90. The average Bonchev–Trinajstić information content (AvgIpc) is 2.35. The third-order valence-corrected chi connectivity index (χ3v) is 2.72. The van der Waals surface area contributed by atoms with Crippen molar-refractivity contribution >= 4 is 23.2 Å². The van der Waals surface area contributed by atoms with E-state index in [-0.39, 0.29) is 5.91 Å². The van der Waals surface area contributed by atoms with E-state index >= 15 is 0 Å². The molecule has 17 heavy (non-hydrogen) atoms. The number of hydrogen-bond donors (Lipinski definition) is 1. The lowest BCUT2D eigenvalue weighted by Gasteiger charge is -2.08. The van der Waals surface area contributed by atoms with Gasteiger partial charge in [0, 0.05) is 16.3 Å². The molecule has 0 bridgehead atoms. The van der Waals surface area contributed by atoms with Gasteiger partial charge in [-0.3, -0.25) is 4.79 Å². The molecule has 0 atom stereocenters. The van der Waals surface area contributed by atoms with Gasteiger partial charge in [0.15, 0.2) is 0 Å². The molecular formula is C14H12ClNO. The van der Waals surface area contributed by atoms with Crippen LogP contribution in [0.5, 0.6) is 0 Å². The molecule has 3 heteroatoms. The molecule has 0 unspecified atom stereocenters. The number of aryl methyl sites for hydroxylation is 1. The zero-order valence-corrected chi connectivity index (χ0v) is 10.2. The molecule has 0 aliphatic rings. The molecule has 1 N–H and O–H groups in total. The van der Waals surface area contributed by atoms with Crippen LogP contribution in [-0.2, 0) is 0 Å². The van der Waals surface area contributed by atoms with Crippen LogP contribution in [0.2, 0.25) is 5.02 Å². The minimum absolute atomic E-state index is 0.129. The number of halogens is 1. The maximum Gasteiger partial charge on any atom is 0.255 e. The molecule has 0 spiro atoms. The number of carbonyl (C=O) groups excluding carboxylic acids is 1. The van der Waals surface area contributed by atoms with Gasteiger partial charge in [-0.2, -0.15) is 0 Å². The molecule has 1 amide bonds. The summed E-state index contributed by atoms with van der Waals surface area (Å²) in [7, 11) is 0. The number of anilines is 1. The van der Waals surface area contributed by atoms with E-state index < -0.39 is 0 Å². The van der Waals surface area contributed by atoms with Crippen LogP contribution in [-0.4, -0.2) is 5.91 Å². The summed E-state index contributed by atoms with van der Waals surface area (Å²) in [4.78, 5) is 11.9. The largest absolute Gasteiger partial charge is 0.322 e.